The minimum atomic E-state index is -0.665. The molecule has 1 saturated heterocycles. The van der Waals surface area contributed by atoms with Crippen LogP contribution in [-0.2, 0) is 23.8 Å². The Hall–Kier alpha value is -4.59. The Morgan fingerprint density at radius 1 is 0.792 bits per heavy atom. The van der Waals surface area contributed by atoms with E-state index in [1.54, 1.807) is 24.3 Å². The molecule has 8 nitrogen and oxygen atoms in total. The highest BCUT2D eigenvalue weighted by molar-refractivity contribution is 5.90. The van der Waals surface area contributed by atoms with Gasteiger partial charge in [0.2, 0.25) is 6.29 Å². The van der Waals surface area contributed by atoms with Gasteiger partial charge in [-0.25, -0.2) is 14.4 Å². The largest absolute Gasteiger partial charge is 0.487 e. The first kappa shape index (κ1) is 41.2. The fourth-order valence-corrected chi connectivity index (χ4v) is 6.52. The highest BCUT2D eigenvalue weighted by Gasteiger charge is 2.35. The molecule has 1 aliphatic heterocycles. The van der Waals surface area contributed by atoms with Gasteiger partial charge in [-0.1, -0.05) is 109 Å². The second kappa shape index (κ2) is 22.5. The third kappa shape index (κ3) is 14.1. The van der Waals surface area contributed by atoms with Crippen molar-refractivity contribution in [3.8, 4) is 11.5 Å². The third-order valence-corrected chi connectivity index (χ3v) is 9.66. The van der Waals surface area contributed by atoms with Gasteiger partial charge in [0.05, 0.1) is 5.56 Å². The summed E-state index contributed by atoms with van der Waals surface area (Å²) in [6.07, 6.45) is 20.6. The molecule has 0 spiro atoms. The molecular weight excluding hydrogens is 668 g/mol. The van der Waals surface area contributed by atoms with Crippen molar-refractivity contribution in [1.82, 2.24) is 0 Å². The van der Waals surface area contributed by atoms with Crippen molar-refractivity contribution in [1.29, 1.82) is 0 Å². The summed E-state index contributed by atoms with van der Waals surface area (Å²) in [5.41, 5.74) is 3.05. The molecule has 286 valence electrons. The van der Waals surface area contributed by atoms with E-state index in [-0.39, 0.29) is 18.2 Å². The number of allylic oxidation sites excluding steroid dienone is 4. The van der Waals surface area contributed by atoms with E-state index < -0.39 is 18.2 Å². The van der Waals surface area contributed by atoms with E-state index in [9.17, 15) is 14.4 Å². The Balaban J connectivity index is 1.28. The first-order valence-electron chi connectivity index (χ1n) is 19.7. The zero-order chi connectivity index (χ0) is 37.8. The van der Waals surface area contributed by atoms with E-state index in [4.69, 9.17) is 23.7 Å². The Bertz CT molecular complexity index is 1540. The standard InChI is InChI=1S/C45H58O8/c1-5-8-10-12-14-16-18-40(41-32-33(4)44(47)52-41)49-37-30-24-36(25-31-37)45(48)51-39-28-22-35(23-29-39)34-20-26-38(27-21-34)50-43(53-42(46)7-3)19-17-15-13-11-9-6-2/h7,20-22,24-28,30-31,40-41,43H,3-6,8-19,23,29,32H2,1-2H3. The first-order chi connectivity index (χ1) is 25.8. The molecule has 1 fully saturated rings. The molecule has 4 rings (SSSR count). The number of carbonyl (C=O) groups is 3. The number of cyclic esters (lactones) is 1. The zero-order valence-electron chi connectivity index (χ0n) is 31.8. The van der Waals surface area contributed by atoms with Crippen molar-refractivity contribution in [3.63, 3.8) is 0 Å². The van der Waals surface area contributed by atoms with E-state index in [1.165, 1.54) is 44.9 Å². The minimum Gasteiger partial charge on any atom is -0.487 e. The van der Waals surface area contributed by atoms with Gasteiger partial charge in [0, 0.05) is 30.9 Å². The highest BCUT2D eigenvalue weighted by atomic mass is 16.7. The van der Waals surface area contributed by atoms with Gasteiger partial charge in [0.25, 0.3) is 0 Å². The average molecular weight is 727 g/mol. The summed E-state index contributed by atoms with van der Waals surface area (Å²) >= 11 is 0. The Kier molecular flexibility index (Phi) is 17.5. The lowest BCUT2D eigenvalue weighted by molar-refractivity contribution is -0.158. The van der Waals surface area contributed by atoms with Crippen molar-refractivity contribution in [2.24, 2.45) is 0 Å². The maximum absolute atomic E-state index is 13.0. The van der Waals surface area contributed by atoms with Crippen LogP contribution in [0.3, 0.4) is 0 Å². The third-order valence-electron chi connectivity index (χ3n) is 9.66. The number of unbranched alkanes of at least 4 members (excludes halogenated alkanes) is 10. The van der Waals surface area contributed by atoms with E-state index in [0.717, 1.165) is 55.7 Å². The summed E-state index contributed by atoms with van der Waals surface area (Å²) in [6.45, 7) is 11.7. The number of benzene rings is 2. The molecule has 0 N–H and O–H groups in total. The number of rotatable bonds is 24. The number of ether oxygens (including phenoxy) is 5. The van der Waals surface area contributed by atoms with Gasteiger partial charge in [-0.05, 0) is 79.3 Å². The van der Waals surface area contributed by atoms with Crippen LogP contribution in [0.25, 0.3) is 5.57 Å². The maximum Gasteiger partial charge on any atom is 0.343 e. The summed E-state index contributed by atoms with van der Waals surface area (Å²) in [6, 6.07) is 14.7. The van der Waals surface area contributed by atoms with Gasteiger partial charge in [0.1, 0.15) is 29.5 Å². The van der Waals surface area contributed by atoms with Crippen molar-refractivity contribution in [3.05, 3.63) is 102 Å². The lowest BCUT2D eigenvalue weighted by Gasteiger charge is -2.24. The van der Waals surface area contributed by atoms with Crippen molar-refractivity contribution >= 4 is 23.5 Å². The second-order valence-corrected chi connectivity index (χ2v) is 14.0. The smallest absolute Gasteiger partial charge is 0.343 e. The summed E-state index contributed by atoms with van der Waals surface area (Å²) in [5.74, 6) is 0.549. The van der Waals surface area contributed by atoms with Crippen LogP contribution in [-0.4, -0.2) is 36.4 Å². The molecule has 8 heteroatoms. The summed E-state index contributed by atoms with van der Waals surface area (Å²) < 4.78 is 29.1. The van der Waals surface area contributed by atoms with Gasteiger partial charge in [-0.2, -0.15) is 0 Å². The molecule has 2 aliphatic rings. The molecule has 2 aromatic carbocycles. The average Bonchev–Trinajstić information content (AvgIpc) is 3.51. The number of carbonyl (C=O) groups excluding carboxylic acids is 3. The zero-order valence-corrected chi connectivity index (χ0v) is 31.8. The molecule has 0 saturated carbocycles. The highest BCUT2D eigenvalue weighted by Crippen LogP contribution is 2.31. The SMILES string of the molecule is C=CC(=O)OC(CCCCCCCC)Oc1ccc(C2=CC=C(OC(=O)c3ccc(OC(CCCCCCCC)C4CC(=C)C(=O)O4)cc3)CC2)cc1. The predicted octanol–water partition coefficient (Wildman–Crippen LogP) is 11.2. The fraction of sp³-hybridized carbons (Fsp3) is 0.489. The molecule has 1 heterocycles. The molecule has 2 aromatic rings. The first-order valence-corrected chi connectivity index (χ1v) is 19.7. The normalized spacial score (nSPS) is 16.5. The van der Waals surface area contributed by atoms with Crippen LogP contribution in [0.5, 0.6) is 11.5 Å². The number of hydrogen-bond donors (Lipinski definition) is 0. The van der Waals surface area contributed by atoms with Crippen LogP contribution in [0.2, 0.25) is 0 Å². The molecule has 0 bridgehead atoms. The van der Waals surface area contributed by atoms with Crippen LogP contribution in [0.1, 0.15) is 139 Å². The lowest BCUT2D eigenvalue weighted by atomic mass is 9.96. The fourth-order valence-electron chi connectivity index (χ4n) is 6.52. The summed E-state index contributed by atoms with van der Waals surface area (Å²) in [5, 5.41) is 0. The van der Waals surface area contributed by atoms with Crippen LogP contribution in [0.15, 0.2) is 91.2 Å². The van der Waals surface area contributed by atoms with E-state index in [0.29, 0.717) is 54.1 Å². The second-order valence-electron chi connectivity index (χ2n) is 14.0. The van der Waals surface area contributed by atoms with Crippen LogP contribution in [0, 0.1) is 0 Å². The Morgan fingerprint density at radius 2 is 1.40 bits per heavy atom. The molecule has 3 atom stereocenters. The van der Waals surface area contributed by atoms with Gasteiger partial charge < -0.3 is 23.7 Å². The van der Waals surface area contributed by atoms with Crippen LogP contribution >= 0.6 is 0 Å². The quantitative estimate of drug-likeness (QED) is 0.0347. The summed E-state index contributed by atoms with van der Waals surface area (Å²) in [4.78, 5) is 37.0. The Labute approximate surface area is 316 Å². The minimum absolute atomic E-state index is 0.284. The monoisotopic (exact) mass is 726 g/mol. The van der Waals surface area contributed by atoms with Gasteiger partial charge in [-0.3, -0.25) is 0 Å². The van der Waals surface area contributed by atoms with Crippen molar-refractivity contribution < 1.29 is 38.1 Å². The molecule has 3 unspecified atom stereocenters. The summed E-state index contributed by atoms with van der Waals surface area (Å²) in [7, 11) is 0. The van der Waals surface area contributed by atoms with E-state index in [1.807, 2.05) is 36.4 Å². The van der Waals surface area contributed by atoms with E-state index in [2.05, 4.69) is 27.0 Å². The van der Waals surface area contributed by atoms with Gasteiger partial charge in [0.15, 0.2) is 0 Å². The number of hydrogen-bond acceptors (Lipinski definition) is 8. The predicted molar refractivity (Wildman–Crippen MR) is 208 cm³/mol. The number of esters is 3. The molecule has 0 aromatic heterocycles. The van der Waals surface area contributed by atoms with Crippen molar-refractivity contribution in [2.45, 2.75) is 141 Å². The topological polar surface area (TPSA) is 97.4 Å². The van der Waals surface area contributed by atoms with Gasteiger partial charge >= 0.3 is 17.9 Å². The van der Waals surface area contributed by atoms with Crippen molar-refractivity contribution in [2.75, 3.05) is 0 Å². The molecule has 53 heavy (non-hydrogen) atoms. The molecule has 0 radical (unpaired) electrons. The van der Waals surface area contributed by atoms with Gasteiger partial charge in [-0.15, -0.1) is 0 Å². The van der Waals surface area contributed by atoms with Crippen LogP contribution < -0.4 is 9.47 Å². The maximum atomic E-state index is 13.0. The van der Waals surface area contributed by atoms with Crippen LogP contribution in [0.4, 0.5) is 0 Å². The van der Waals surface area contributed by atoms with E-state index >= 15 is 0 Å². The Morgan fingerprint density at radius 3 is 1.98 bits per heavy atom. The molecular formula is C45H58O8. The molecule has 1 aliphatic carbocycles. The lowest BCUT2D eigenvalue weighted by Crippen LogP contribution is -2.31. The molecule has 0 amide bonds.